The van der Waals surface area contributed by atoms with Crippen LogP contribution in [0.1, 0.15) is 13.8 Å². The van der Waals surface area contributed by atoms with Crippen LogP contribution in [-0.4, -0.2) is 11.1 Å². The molecule has 0 aliphatic carbocycles. The van der Waals surface area contributed by atoms with E-state index in [1.54, 1.807) is 0 Å². The van der Waals surface area contributed by atoms with Gasteiger partial charge in [0.05, 0.1) is 5.57 Å². The van der Waals surface area contributed by atoms with E-state index in [0.29, 0.717) is 0 Å². The van der Waals surface area contributed by atoms with Crippen molar-refractivity contribution in [3.05, 3.63) is 11.4 Å². The Morgan fingerprint density at radius 1 is 1.50 bits per heavy atom. The number of halogens is 1. The van der Waals surface area contributed by atoms with Gasteiger partial charge in [-0.3, -0.25) is 0 Å². The molecule has 1 N–H and O–H groups in total. The summed E-state index contributed by atoms with van der Waals surface area (Å²) in [6.07, 6.45) is 0. The molecule has 0 aromatic heterocycles. The van der Waals surface area contributed by atoms with Gasteiger partial charge in [-0.1, -0.05) is 0 Å². The summed E-state index contributed by atoms with van der Waals surface area (Å²) in [6.45, 7) is 2.33. The first-order chi connectivity index (χ1) is 3.55. The van der Waals surface area contributed by atoms with E-state index in [4.69, 9.17) is 5.11 Å². The lowest BCUT2D eigenvalue weighted by molar-refractivity contribution is -0.132. The molecule has 0 bridgehead atoms. The van der Waals surface area contributed by atoms with E-state index >= 15 is 0 Å². The van der Waals surface area contributed by atoms with E-state index in [0.717, 1.165) is 6.92 Å². The van der Waals surface area contributed by atoms with E-state index < -0.39 is 11.8 Å². The summed E-state index contributed by atoms with van der Waals surface area (Å²) >= 11 is 0. The highest BCUT2D eigenvalue weighted by atomic mass is 19.1. The molecule has 0 radical (unpaired) electrons. The lowest BCUT2D eigenvalue weighted by Crippen LogP contribution is -1.96. The van der Waals surface area contributed by atoms with Crippen molar-refractivity contribution in [1.29, 1.82) is 0 Å². The van der Waals surface area contributed by atoms with Gasteiger partial charge in [0, 0.05) is 0 Å². The van der Waals surface area contributed by atoms with Gasteiger partial charge in [0.1, 0.15) is 5.83 Å². The van der Waals surface area contributed by atoms with Crippen molar-refractivity contribution in [2.45, 2.75) is 13.8 Å². The number of hydrogen-bond donors (Lipinski definition) is 1. The van der Waals surface area contributed by atoms with Crippen molar-refractivity contribution < 1.29 is 14.3 Å². The largest absolute Gasteiger partial charge is 0.478 e. The Balaban J connectivity index is 4.23. The van der Waals surface area contributed by atoms with Gasteiger partial charge in [0.15, 0.2) is 0 Å². The summed E-state index contributed by atoms with van der Waals surface area (Å²) in [4.78, 5) is 9.84. The monoisotopic (exact) mass is 118 g/mol. The quantitative estimate of drug-likeness (QED) is 0.527. The minimum absolute atomic E-state index is 0.231. The highest BCUT2D eigenvalue weighted by Crippen LogP contribution is 2.02. The molecule has 0 amide bonds. The lowest BCUT2D eigenvalue weighted by Gasteiger charge is -1.88. The average molecular weight is 118 g/mol. The lowest BCUT2D eigenvalue weighted by atomic mass is 10.3. The number of carboxylic acid groups (broad SMARTS) is 1. The maximum absolute atomic E-state index is 11.8. The molecule has 0 saturated heterocycles. The van der Waals surface area contributed by atoms with Crippen LogP contribution >= 0.6 is 0 Å². The minimum atomic E-state index is -1.20. The molecule has 3 heteroatoms. The Kier molecular flexibility index (Phi) is 2.19. The second-order valence-electron chi connectivity index (χ2n) is 1.46. The number of allylic oxidation sites excluding steroid dienone is 1. The van der Waals surface area contributed by atoms with Crippen LogP contribution in [0.4, 0.5) is 4.39 Å². The molecule has 0 aliphatic heterocycles. The zero-order valence-electron chi connectivity index (χ0n) is 4.73. The van der Waals surface area contributed by atoms with Crippen LogP contribution in [0.2, 0.25) is 0 Å². The SMILES string of the molecule is C/C(F)=C(/C)C(=O)O. The third-order valence-corrected chi connectivity index (χ3v) is 0.838. The van der Waals surface area contributed by atoms with Crippen LogP contribution in [0.15, 0.2) is 11.4 Å². The first-order valence-electron chi connectivity index (χ1n) is 2.12. The van der Waals surface area contributed by atoms with Crippen molar-refractivity contribution in [3.63, 3.8) is 0 Å². The highest BCUT2D eigenvalue weighted by molar-refractivity contribution is 5.86. The van der Waals surface area contributed by atoms with Crippen LogP contribution in [-0.2, 0) is 4.79 Å². The molecule has 0 spiro atoms. The van der Waals surface area contributed by atoms with Gasteiger partial charge in [-0.05, 0) is 13.8 Å². The van der Waals surface area contributed by atoms with E-state index in [9.17, 15) is 9.18 Å². The number of hydrogen-bond acceptors (Lipinski definition) is 1. The highest BCUT2D eigenvalue weighted by Gasteiger charge is 2.02. The standard InChI is InChI=1S/C5H7FO2/c1-3(4(2)6)5(7)8/h1-2H3,(H,7,8)/b4-3+. The molecule has 0 unspecified atom stereocenters. The maximum atomic E-state index is 11.8. The average Bonchev–Trinajstić information content (AvgIpc) is 1.64. The zero-order chi connectivity index (χ0) is 6.73. The van der Waals surface area contributed by atoms with Crippen molar-refractivity contribution in [3.8, 4) is 0 Å². The molecule has 0 saturated carbocycles. The number of carbonyl (C=O) groups is 1. The van der Waals surface area contributed by atoms with Crippen molar-refractivity contribution in [1.82, 2.24) is 0 Å². The summed E-state index contributed by atoms with van der Waals surface area (Å²) in [7, 11) is 0. The molecule has 2 nitrogen and oxygen atoms in total. The van der Waals surface area contributed by atoms with Gasteiger partial charge in [0.25, 0.3) is 0 Å². The normalized spacial score (nSPS) is 12.9. The molecular weight excluding hydrogens is 111 g/mol. The molecule has 0 atom stereocenters. The van der Waals surface area contributed by atoms with E-state index in [-0.39, 0.29) is 5.57 Å². The summed E-state index contributed by atoms with van der Waals surface area (Å²) in [6, 6.07) is 0. The van der Waals surface area contributed by atoms with E-state index in [1.807, 2.05) is 0 Å². The predicted octanol–water partition coefficient (Wildman–Crippen LogP) is 1.33. The third kappa shape index (κ3) is 1.73. The number of carboxylic acids is 1. The Hall–Kier alpha value is -0.860. The summed E-state index contributed by atoms with van der Waals surface area (Å²) in [5.41, 5.74) is -0.231. The molecule has 0 aliphatic rings. The number of rotatable bonds is 1. The fourth-order valence-electron chi connectivity index (χ4n) is 0.147. The van der Waals surface area contributed by atoms with Crippen molar-refractivity contribution in [2.24, 2.45) is 0 Å². The fourth-order valence-corrected chi connectivity index (χ4v) is 0.147. The van der Waals surface area contributed by atoms with Gasteiger partial charge in [0.2, 0.25) is 0 Å². The van der Waals surface area contributed by atoms with Crippen molar-refractivity contribution >= 4 is 5.97 Å². The molecule has 0 fully saturated rings. The van der Waals surface area contributed by atoms with Gasteiger partial charge >= 0.3 is 5.97 Å². The second kappa shape index (κ2) is 2.45. The molecule has 0 aromatic rings. The van der Waals surface area contributed by atoms with Gasteiger partial charge in [-0.2, -0.15) is 0 Å². The Morgan fingerprint density at radius 3 is 1.88 bits per heavy atom. The zero-order valence-corrected chi connectivity index (χ0v) is 4.73. The third-order valence-electron chi connectivity index (χ3n) is 0.838. The van der Waals surface area contributed by atoms with Crippen LogP contribution in [0.3, 0.4) is 0 Å². The smallest absolute Gasteiger partial charge is 0.333 e. The summed E-state index contributed by atoms with van der Waals surface area (Å²) in [5.74, 6) is -1.84. The maximum Gasteiger partial charge on any atom is 0.333 e. The van der Waals surface area contributed by atoms with Gasteiger partial charge in [-0.15, -0.1) is 0 Å². The van der Waals surface area contributed by atoms with Crippen LogP contribution in [0, 0.1) is 0 Å². The topological polar surface area (TPSA) is 37.3 Å². The molecule has 8 heavy (non-hydrogen) atoms. The number of aliphatic carboxylic acids is 1. The Labute approximate surface area is 46.6 Å². The molecule has 46 valence electrons. The Bertz CT molecular complexity index is 133. The predicted molar refractivity (Wildman–Crippen MR) is 27.1 cm³/mol. The molecule has 0 rings (SSSR count). The van der Waals surface area contributed by atoms with Crippen LogP contribution < -0.4 is 0 Å². The van der Waals surface area contributed by atoms with E-state index in [1.165, 1.54) is 6.92 Å². The minimum Gasteiger partial charge on any atom is -0.478 e. The Morgan fingerprint density at radius 2 is 1.88 bits per heavy atom. The van der Waals surface area contributed by atoms with Crippen LogP contribution in [0.5, 0.6) is 0 Å². The van der Waals surface area contributed by atoms with E-state index in [2.05, 4.69) is 0 Å². The molecular formula is C5H7FO2. The summed E-state index contributed by atoms with van der Waals surface area (Å²) in [5, 5.41) is 8.05. The second-order valence-corrected chi connectivity index (χ2v) is 1.46. The van der Waals surface area contributed by atoms with Gasteiger partial charge < -0.3 is 5.11 Å². The molecule has 0 heterocycles. The molecule has 0 aromatic carbocycles. The first-order valence-corrected chi connectivity index (χ1v) is 2.12. The fraction of sp³-hybridized carbons (Fsp3) is 0.400. The van der Waals surface area contributed by atoms with Gasteiger partial charge in [-0.25, -0.2) is 9.18 Å². The summed E-state index contributed by atoms with van der Waals surface area (Å²) < 4.78 is 11.8. The van der Waals surface area contributed by atoms with Crippen LogP contribution in [0.25, 0.3) is 0 Å². The van der Waals surface area contributed by atoms with Crippen molar-refractivity contribution in [2.75, 3.05) is 0 Å². The first kappa shape index (κ1) is 7.14.